The van der Waals surface area contributed by atoms with Crippen LogP contribution in [0.1, 0.15) is 11.1 Å². The minimum atomic E-state index is -2.93. The molecule has 0 radical (unpaired) electrons. The van der Waals surface area contributed by atoms with E-state index in [0.717, 1.165) is 5.56 Å². The Kier molecular flexibility index (Phi) is 5.13. The number of methoxy groups -OCH3 is 1. The van der Waals surface area contributed by atoms with Crippen molar-refractivity contribution in [2.24, 2.45) is 0 Å². The largest absolute Gasteiger partial charge is 0.495 e. The van der Waals surface area contributed by atoms with Crippen molar-refractivity contribution < 1.29 is 13.2 Å². The van der Waals surface area contributed by atoms with Gasteiger partial charge in [0.15, 0.2) is 0 Å². The van der Waals surface area contributed by atoms with E-state index >= 15 is 0 Å². The van der Waals surface area contributed by atoms with Gasteiger partial charge >= 0.3 is 0 Å². The molecule has 5 nitrogen and oxygen atoms in total. The fourth-order valence-corrected chi connectivity index (χ4v) is 1.94. The van der Waals surface area contributed by atoms with E-state index in [1.54, 1.807) is 12.1 Å². The molecule has 0 saturated heterocycles. The molecule has 0 saturated carbocycles. The smallest absolute Gasteiger partial charge is 0.148 e. The summed E-state index contributed by atoms with van der Waals surface area (Å²) in [6.45, 7) is 0.943. The van der Waals surface area contributed by atoms with Crippen LogP contribution in [0.15, 0.2) is 18.2 Å². The molecule has 0 aliphatic carbocycles. The molecule has 0 aromatic heterocycles. The van der Waals surface area contributed by atoms with Crippen LogP contribution in [-0.4, -0.2) is 34.1 Å². The van der Waals surface area contributed by atoms with E-state index in [2.05, 4.69) is 5.32 Å². The first-order valence-corrected chi connectivity index (χ1v) is 7.48. The van der Waals surface area contributed by atoms with Crippen molar-refractivity contribution in [3.63, 3.8) is 0 Å². The Bertz CT molecular complexity index is 547. The summed E-state index contributed by atoms with van der Waals surface area (Å²) in [6.07, 6.45) is 1.21. The molecule has 0 atom stereocenters. The third-order valence-electron chi connectivity index (χ3n) is 2.37. The highest BCUT2D eigenvalue weighted by Gasteiger charge is 2.04. The molecule has 0 spiro atoms. The van der Waals surface area contributed by atoms with Gasteiger partial charge in [0.1, 0.15) is 21.7 Å². The minimum Gasteiger partial charge on any atom is -0.495 e. The van der Waals surface area contributed by atoms with Crippen LogP contribution in [-0.2, 0) is 16.4 Å². The third-order valence-corrected chi connectivity index (χ3v) is 3.31. The Labute approximate surface area is 107 Å². The highest BCUT2D eigenvalue weighted by molar-refractivity contribution is 7.90. The number of hydrogen-bond acceptors (Lipinski definition) is 5. The predicted molar refractivity (Wildman–Crippen MR) is 69.1 cm³/mol. The number of nitriles is 1. The average molecular weight is 268 g/mol. The van der Waals surface area contributed by atoms with E-state index in [1.807, 2.05) is 12.1 Å². The summed E-state index contributed by atoms with van der Waals surface area (Å²) >= 11 is 0. The SMILES string of the molecule is COc1cc(CNCCS(C)(=O)=O)ccc1C#N. The lowest BCUT2D eigenvalue weighted by atomic mass is 10.1. The number of nitrogens with zero attached hydrogens (tertiary/aromatic N) is 1. The Morgan fingerprint density at radius 2 is 2.17 bits per heavy atom. The quantitative estimate of drug-likeness (QED) is 0.768. The van der Waals surface area contributed by atoms with Gasteiger partial charge in [-0.3, -0.25) is 0 Å². The lowest BCUT2D eigenvalue weighted by Crippen LogP contribution is -2.21. The second-order valence-corrected chi connectivity index (χ2v) is 6.21. The Morgan fingerprint density at radius 1 is 1.44 bits per heavy atom. The standard InChI is InChI=1S/C12H16N2O3S/c1-17-12-7-10(3-4-11(12)8-13)9-14-5-6-18(2,15)16/h3-4,7,14H,5-6,9H2,1-2H3. The van der Waals surface area contributed by atoms with Crippen molar-refractivity contribution in [1.29, 1.82) is 5.26 Å². The molecule has 1 aromatic rings. The molecular weight excluding hydrogens is 252 g/mol. The van der Waals surface area contributed by atoms with Crippen molar-refractivity contribution in [3.05, 3.63) is 29.3 Å². The molecule has 0 bridgehead atoms. The van der Waals surface area contributed by atoms with Gasteiger partial charge in [-0.05, 0) is 17.7 Å². The molecule has 0 unspecified atom stereocenters. The zero-order valence-corrected chi connectivity index (χ0v) is 11.3. The van der Waals surface area contributed by atoms with Crippen LogP contribution in [0.2, 0.25) is 0 Å². The van der Waals surface area contributed by atoms with E-state index in [9.17, 15) is 8.42 Å². The van der Waals surface area contributed by atoms with E-state index in [4.69, 9.17) is 10.00 Å². The molecule has 0 amide bonds. The zero-order chi connectivity index (χ0) is 13.6. The van der Waals surface area contributed by atoms with Crippen molar-refractivity contribution in [2.75, 3.05) is 25.7 Å². The second kappa shape index (κ2) is 6.38. The summed E-state index contributed by atoms with van der Waals surface area (Å²) in [6, 6.07) is 7.31. The maximum Gasteiger partial charge on any atom is 0.148 e. The minimum absolute atomic E-state index is 0.112. The van der Waals surface area contributed by atoms with Gasteiger partial charge in [-0.15, -0.1) is 0 Å². The molecule has 1 aromatic carbocycles. The van der Waals surface area contributed by atoms with Crippen LogP contribution in [0.4, 0.5) is 0 Å². The molecule has 0 aliphatic heterocycles. The van der Waals surface area contributed by atoms with Gasteiger partial charge in [0.2, 0.25) is 0 Å². The first kappa shape index (κ1) is 14.5. The molecular formula is C12H16N2O3S. The number of nitrogens with one attached hydrogen (secondary N) is 1. The molecule has 0 fully saturated rings. The van der Waals surface area contributed by atoms with E-state index in [0.29, 0.717) is 24.4 Å². The number of ether oxygens (including phenoxy) is 1. The van der Waals surface area contributed by atoms with Gasteiger partial charge in [0.25, 0.3) is 0 Å². The summed E-state index contributed by atoms with van der Waals surface area (Å²) in [4.78, 5) is 0. The Balaban J connectivity index is 2.56. The molecule has 0 heterocycles. The molecule has 98 valence electrons. The Morgan fingerprint density at radius 3 is 2.72 bits per heavy atom. The third kappa shape index (κ3) is 4.73. The number of rotatable bonds is 6. The van der Waals surface area contributed by atoms with Crippen LogP contribution in [0, 0.1) is 11.3 Å². The molecule has 1 rings (SSSR count). The number of hydrogen-bond donors (Lipinski definition) is 1. The monoisotopic (exact) mass is 268 g/mol. The van der Waals surface area contributed by atoms with E-state index < -0.39 is 9.84 Å². The lowest BCUT2D eigenvalue weighted by Gasteiger charge is -2.07. The number of sulfone groups is 1. The zero-order valence-electron chi connectivity index (χ0n) is 10.4. The summed E-state index contributed by atoms with van der Waals surface area (Å²) in [5.74, 6) is 0.639. The van der Waals surface area contributed by atoms with Gasteiger partial charge < -0.3 is 10.1 Å². The number of benzene rings is 1. The molecule has 18 heavy (non-hydrogen) atoms. The predicted octanol–water partition coefficient (Wildman–Crippen LogP) is 0.701. The Hall–Kier alpha value is -1.58. The van der Waals surface area contributed by atoms with E-state index in [1.165, 1.54) is 13.4 Å². The maximum absolute atomic E-state index is 10.9. The van der Waals surface area contributed by atoms with E-state index in [-0.39, 0.29) is 5.75 Å². The van der Waals surface area contributed by atoms with Crippen molar-refractivity contribution in [2.45, 2.75) is 6.54 Å². The summed E-state index contributed by atoms with van der Waals surface area (Å²) in [5, 5.41) is 11.9. The molecule has 0 aliphatic rings. The fraction of sp³-hybridized carbons (Fsp3) is 0.417. The fourth-order valence-electron chi connectivity index (χ4n) is 1.43. The molecule has 1 N–H and O–H groups in total. The normalized spacial score (nSPS) is 10.9. The highest BCUT2D eigenvalue weighted by Crippen LogP contribution is 2.18. The summed E-state index contributed by atoms with van der Waals surface area (Å²) < 4.78 is 27.0. The first-order valence-electron chi connectivity index (χ1n) is 5.41. The average Bonchev–Trinajstić information content (AvgIpc) is 2.33. The second-order valence-electron chi connectivity index (χ2n) is 3.95. The summed E-state index contributed by atoms with van der Waals surface area (Å²) in [5.41, 5.74) is 1.43. The van der Waals surface area contributed by atoms with Crippen molar-refractivity contribution >= 4 is 9.84 Å². The van der Waals surface area contributed by atoms with Gasteiger partial charge in [-0.1, -0.05) is 6.07 Å². The van der Waals surface area contributed by atoms with Crippen molar-refractivity contribution in [1.82, 2.24) is 5.32 Å². The highest BCUT2D eigenvalue weighted by atomic mass is 32.2. The maximum atomic E-state index is 10.9. The van der Waals surface area contributed by atoms with Crippen molar-refractivity contribution in [3.8, 4) is 11.8 Å². The molecule has 6 heteroatoms. The topological polar surface area (TPSA) is 79.2 Å². The lowest BCUT2D eigenvalue weighted by molar-refractivity contribution is 0.412. The first-order chi connectivity index (χ1) is 8.46. The summed E-state index contributed by atoms with van der Waals surface area (Å²) in [7, 11) is -1.42. The van der Waals surface area contributed by atoms with Crippen LogP contribution in [0.25, 0.3) is 0 Å². The van der Waals surface area contributed by atoms with Crippen LogP contribution in [0.3, 0.4) is 0 Å². The van der Waals surface area contributed by atoms with Gasteiger partial charge in [-0.25, -0.2) is 8.42 Å². The van der Waals surface area contributed by atoms with Gasteiger partial charge in [-0.2, -0.15) is 5.26 Å². The van der Waals surface area contributed by atoms with Gasteiger partial charge in [0.05, 0.1) is 18.4 Å². The van der Waals surface area contributed by atoms with Gasteiger partial charge in [0, 0.05) is 19.3 Å². The van der Waals surface area contributed by atoms with Crippen LogP contribution >= 0.6 is 0 Å². The van der Waals surface area contributed by atoms with Crippen LogP contribution in [0.5, 0.6) is 5.75 Å². The van der Waals surface area contributed by atoms with Crippen LogP contribution < -0.4 is 10.1 Å².